The largest absolute Gasteiger partial charge is 0.414 e. The van der Waals surface area contributed by atoms with Crippen molar-refractivity contribution in [3.63, 3.8) is 0 Å². The second-order valence-corrected chi connectivity index (χ2v) is 7.57. The summed E-state index contributed by atoms with van der Waals surface area (Å²) in [6.07, 6.45) is 0.609. The van der Waals surface area contributed by atoms with Crippen LogP contribution in [0.25, 0.3) is 0 Å². The minimum absolute atomic E-state index is 0. The van der Waals surface area contributed by atoms with E-state index in [9.17, 15) is 4.79 Å². The second-order valence-electron chi connectivity index (χ2n) is 6.72. The summed E-state index contributed by atoms with van der Waals surface area (Å²) in [5, 5.41) is 0. The van der Waals surface area contributed by atoms with E-state index in [-0.39, 0.29) is 24.4 Å². The number of ether oxygens (including phenoxy) is 1. The maximum atomic E-state index is 12.0. The summed E-state index contributed by atoms with van der Waals surface area (Å²) in [5.41, 5.74) is 3.82. The van der Waals surface area contributed by atoms with Crippen LogP contribution in [0.2, 0.25) is 0 Å². The van der Waals surface area contributed by atoms with E-state index in [1.807, 2.05) is 12.1 Å². The van der Waals surface area contributed by atoms with E-state index in [0.29, 0.717) is 5.75 Å². The smallest absolute Gasteiger partial charge is 0.409 e. The fourth-order valence-electron chi connectivity index (χ4n) is 3.20. The first-order valence-electron chi connectivity index (χ1n) is 8.40. The second kappa shape index (κ2) is 8.89. The molecule has 1 heterocycles. The van der Waals surface area contributed by atoms with Crippen molar-refractivity contribution in [3.05, 3.63) is 63.6 Å². The number of nitrogens with zero attached hydrogens (tertiary/aromatic N) is 2. The number of halogens is 2. The number of rotatable bonds is 2. The molecule has 3 rings (SSSR count). The van der Waals surface area contributed by atoms with Crippen LogP contribution in [0.15, 0.2) is 46.9 Å². The summed E-state index contributed by atoms with van der Waals surface area (Å²) in [5.74, 6) is 0.830. The van der Waals surface area contributed by atoms with Crippen LogP contribution < -0.4 is 4.74 Å². The lowest BCUT2D eigenvalue weighted by Crippen LogP contribution is -2.25. The van der Waals surface area contributed by atoms with Crippen LogP contribution in [0.5, 0.6) is 5.75 Å². The van der Waals surface area contributed by atoms with Crippen molar-refractivity contribution < 1.29 is 9.53 Å². The molecule has 6 heteroatoms. The van der Waals surface area contributed by atoms with Crippen LogP contribution in [-0.4, -0.2) is 50.1 Å². The molecule has 0 fully saturated rings. The van der Waals surface area contributed by atoms with Crippen LogP contribution in [0, 0.1) is 0 Å². The van der Waals surface area contributed by atoms with E-state index in [0.717, 1.165) is 24.0 Å². The molecule has 26 heavy (non-hydrogen) atoms. The van der Waals surface area contributed by atoms with Crippen molar-refractivity contribution in [1.82, 2.24) is 9.80 Å². The number of likely N-dealkylation sites (N-methyl/N-ethyl adjacent to an activating group) is 1. The zero-order valence-electron chi connectivity index (χ0n) is 15.2. The quantitative estimate of drug-likeness (QED) is 0.688. The van der Waals surface area contributed by atoms with Gasteiger partial charge in [-0.2, -0.15) is 0 Å². The molecule has 1 aliphatic rings. The van der Waals surface area contributed by atoms with Gasteiger partial charge >= 0.3 is 6.09 Å². The van der Waals surface area contributed by atoms with Crippen molar-refractivity contribution in [2.75, 3.05) is 34.2 Å². The van der Waals surface area contributed by atoms with E-state index in [1.165, 1.54) is 21.6 Å². The van der Waals surface area contributed by atoms with Gasteiger partial charge in [0.2, 0.25) is 0 Å². The van der Waals surface area contributed by atoms with Gasteiger partial charge in [0, 0.05) is 33.1 Å². The van der Waals surface area contributed by atoms with Crippen molar-refractivity contribution in [1.29, 1.82) is 0 Å². The molecule has 1 atom stereocenters. The highest BCUT2D eigenvalue weighted by Gasteiger charge is 2.25. The van der Waals surface area contributed by atoms with Crippen LogP contribution in [-0.2, 0) is 6.42 Å². The topological polar surface area (TPSA) is 32.8 Å². The average Bonchev–Trinajstić information content (AvgIpc) is 2.75. The van der Waals surface area contributed by atoms with Gasteiger partial charge in [-0.25, -0.2) is 4.79 Å². The van der Waals surface area contributed by atoms with E-state index >= 15 is 0 Å². The van der Waals surface area contributed by atoms with Gasteiger partial charge in [-0.05, 0) is 58.2 Å². The Balaban J connectivity index is 0.00000243. The zero-order chi connectivity index (χ0) is 18.0. The normalized spacial score (nSPS) is 16.8. The molecule has 2 aromatic rings. The van der Waals surface area contributed by atoms with Gasteiger partial charge in [0.15, 0.2) is 0 Å². The molecule has 0 radical (unpaired) electrons. The number of hydrogen-bond donors (Lipinski definition) is 0. The molecule has 1 amide bonds. The number of amides is 1. The third-order valence-electron chi connectivity index (χ3n) is 4.59. The molecular formula is C20H24BrClN2O2. The van der Waals surface area contributed by atoms with E-state index < -0.39 is 0 Å². The average molecular weight is 440 g/mol. The summed E-state index contributed by atoms with van der Waals surface area (Å²) in [7, 11) is 5.52. The van der Waals surface area contributed by atoms with Crippen molar-refractivity contribution in [2.24, 2.45) is 0 Å². The van der Waals surface area contributed by atoms with Crippen LogP contribution in [0.3, 0.4) is 0 Å². The first-order chi connectivity index (χ1) is 12.0. The first kappa shape index (κ1) is 20.7. The van der Waals surface area contributed by atoms with Gasteiger partial charge in [-0.1, -0.05) is 30.3 Å². The van der Waals surface area contributed by atoms with Gasteiger partial charge in [-0.3, -0.25) is 0 Å². The Morgan fingerprint density at radius 2 is 1.92 bits per heavy atom. The van der Waals surface area contributed by atoms with Gasteiger partial charge in [0.25, 0.3) is 0 Å². The third kappa shape index (κ3) is 4.58. The van der Waals surface area contributed by atoms with Gasteiger partial charge in [0.1, 0.15) is 5.75 Å². The number of carbonyl (C=O) groups is 1. The predicted octanol–water partition coefficient (Wildman–Crippen LogP) is 4.55. The molecule has 0 aliphatic carbocycles. The van der Waals surface area contributed by atoms with Crippen molar-refractivity contribution in [3.8, 4) is 5.75 Å². The Hall–Kier alpha value is -1.56. The van der Waals surface area contributed by atoms with E-state index in [1.54, 1.807) is 14.1 Å². The van der Waals surface area contributed by atoms with Gasteiger partial charge < -0.3 is 14.5 Å². The minimum Gasteiger partial charge on any atom is -0.409 e. The van der Waals surface area contributed by atoms with Gasteiger partial charge in [-0.15, -0.1) is 12.4 Å². The van der Waals surface area contributed by atoms with Crippen LogP contribution in [0.1, 0.15) is 22.6 Å². The Labute approximate surface area is 169 Å². The van der Waals surface area contributed by atoms with Crippen molar-refractivity contribution in [2.45, 2.75) is 12.3 Å². The highest BCUT2D eigenvalue weighted by Crippen LogP contribution is 2.37. The molecule has 0 spiro atoms. The predicted molar refractivity (Wildman–Crippen MR) is 111 cm³/mol. The monoisotopic (exact) mass is 438 g/mol. The zero-order valence-corrected chi connectivity index (χ0v) is 17.6. The standard InChI is InChI=1S/C20H23BrN2O2.ClH/c1-22(2)20(24)25-19-12-16-15(11-18(19)21)9-10-23(3)13-17(16)14-7-5-4-6-8-14;/h4-8,11-12,17H,9-10,13H2,1-3H3;1H/t17-;/m0./s1. The first-order valence-corrected chi connectivity index (χ1v) is 9.20. The fourth-order valence-corrected chi connectivity index (χ4v) is 3.67. The molecule has 0 saturated carbocycles. The number of fused-ring (bicyclic) bond motifs is 1. The summed E-state index contributed by atoms with van der Waals surface area (Å²) in [6, 6.07) is 14.6. The molecule has 0 aromatic heterocycles. The molecule has 0 N–H and O–H groups in total. The summed E-state index contributed by atoms with van der Waals surface area (Å²) in [6.45, 7) is 1.96. The highest BCUT2D eigenvalue weighted by atomic mass is 79.9. The third-order valence-corrected chi connectivity index (χ3v) is 5.21. The SMILES string of the molecule is CN1CCc2cc(Br)c(OC(=O)N(C)C)cc2[C@H](c2ccccc2)C1.Cl. The lowest BCUT2D eigenvalue weighted by molar-refractivity contribution is 0.171. The van der Waals surface area contributed by atoms with E-state index in [2.05, 4.69) is 58.2 Å². The van der Waals surface area contributed by atoms with Crippen molar-refractivity contribution >= 4 is 34.4 Å². The Kier molecular flexibility index (Phi) is 7.09. The maximum Gasteiger partial charge on any atom is 0.414 e. The van der Waals surface area contributed by atoms with Crippen LogP contribution >= 0.6 is 28.3 Å². The highest BCUT2D eigenvalue weighted by molar-refractivity contribution is 9.10. The van der Waals surface area contributed by atoms with E-state index in [4.69, 9.17) is 4.74 Å². The minimum atomic E-state index is -0.373. The molecule has 0 bridgehead atoms. The molecule has 140 valence electrons. The fraction of sp³-hybridized carbons (Fsp3) is 0.350. The molecule has 0 unspecified atom stereocenters. The van der Waals surface area contributed by atoms with Crippen LogP contribution in [0.4, 0.5) is 4.79 Å². The Morgan fingerprint density at radius 1 is 1.23 bits per heavy atom. The van der Waals surface area contributed by atoms with Gasteiger partial charge in [0.05, 0.1) is 4.47 Å². The summed E-state index contributed by atoms with van der Waals surface area (Å²) in [4.78, 5) is 15.8. The molecule has 0 saturated heterocycles. The molecule has 4 nitrogen and oxygen atoms in total. The number of hydrogen-bond acceptors (Lipinski definition) is 3. The molecular weight excluding hydrogens is 416 g/mol. The number of benzene rings is 2. The molecule has 2 aromatic carbocycles. The Morgan fingerprint density at radius 3 is 2.58 bits per heavy atom. The molecule has 1 aliphatic heterocycles. The maximum absolute atomic E-state index is 12.0. The lowest BCUT2D eigenvalue weighted by atomic mass is 9.88. The summed E-state index contributed by atoms with van der Waals surface area (Å²) >= 11 is 3.56. The summed E-state index contributed by atoms with van der Waals surface area (Å²) < 4.78 is 6.37. The number of carbonyl (C=O) groups excluding carboxylic acids is 1. The lowest BCUT2D eigenvalue weighted by Gasteiger charge is -2.23. The Bertz CT molecular complexity index is 768.